The Kier molecular flexibility index (Phi) is 8.92. The molecule has 0 aromatic heterocycles. The predicted octanol–water partition coefficient (Wildman–Crippen LogP) is 1.93. The molecule has 0 atom stereocenters. The lowest BCUT2D eigenvalue weighted by molar-refractivity contribution is -0.121. The van der Waals surface area contributed by atoms with Crippen molar-refractivity contribution in [3.63, 3.8) is 0 Å². The summed E-state index contributed by atoms with van der Waals surface area (Å²) < 4.78 is 0. The molecule has 1 amide bonds. The van der Waals surface area contributed by atoms with Gasteiger partial charge in [0.15, 0.2) is 0 Å². The van der Waals surface area contributed by atoms with Crippen LogP contribution in [0.3, 0.4) is 0 Å². The van der Waals surface area contributed by atoms with Crippen molar-refractivity contribution in [3.8, 4) is 12.3 Å². The molecule has 2 nitrogen and oxygen atoms in total. The third-order valence-electron chi connectivity index (χ3n) is 1.61. The second-order valence-electron chi connectivity index (χ2n) is 2.80. The summed E-state index contributed by atoms with van der Waals surface area (Å²) in [5.41, 5.74) is 0. The highest BCUT2D eigenvalue weighted by molar-refractivity contribution is 6.17. The Morgan fingerprint density at radius 3 is 2.77 bits per heavy atom. The minimum Gasteiger partial charge on any atom is -0.356 e. The van der Waals surface area contributed by atoms with E-state index < -0.39 is 0 Å². The van der Waals surface area contributed by atoms with Crippen LogP contribution in [-0.2, 0) is 4.79 Å². The molecule has 0 bridgehead atoms. The molecular formula is C10H16ClNO. The molecule has 0 rings (SSSR count). The standard InChI is InChI=1S/C10H16ClNO/c1-2-3-6-9-12-10(13)7-4-5-8-11/h1H,3-9H2,(H,12,13). The van der Waals surface area contributed by atoms with Crippen molar-refractivity contribution < 1.29 is 4.79 Å². The van der Waals surface area contributed by atoms with Gasteiger partial charge in [-0.15, -0.1) is 23.9 Å². The smallest absolute Gasteiger partial charge is 0.219 e. The highest BCUT2D eigenvalue weighted by atomic mass is 35.5. The monoisotopic (exact) mass is 201 g/mol. The first-order valence-electron chi connectivity index (χ1n) is 4.57. The van der Waals surface area contributed by atoms with Crippen LogP contribution in [0.25, 0.3) is 0 Å². The van der Waals surface area contributed by atoms with Crippen LogP contribution in [0.4, 0.5) is 0 Å². The Balaban J connectivity index is 3.16. The van der Waals surface area contributed by atoms with Gasteiger partial charge in [0.1, 0.15) is 0 Å². The van der Waals surface area contributed by atoms with Crippen molar-refractivity contribution in [2.75, 3.05) is 12.4 Å². The van der Waals surface area contributed by atoms with E-state index in [9.17, 15) is 4.79 Å². The number of hydrogen-bond acceptors (Lipinski definition) is 1. The summed E-state index contributed by atoms with van der Waals surface area (Å²) in [6.45, 7) is 0.684. The van der Waals surface area contributed by atoms with Crippen molar-refractivity contribution in [1.29, 1.82) is 0 Å². The summed E-state index contributed by atoms with van der Waals surface area (Å²) in [6, 6.07) is 0. The zero-order chi connectivity index (χ0) is 9.94. The number of nitrogens with one attached hydrogen (secondary N) is 1. The molecule has 13 heavy (non-hydrogen) atoms. The third kappa shape index (κ3) is 9.23. The minimum absolute atomic E-state index is 0.0992. The van der Waals surface area contributed by atoms with Gasteiger partial charge in [0.2, 0.25) is 5.91 Å². The van der Waals surface area contributed by atoms with Gasteiger partial charge < -0.3 is 5.32 Å². The lowest BCUT2D eigenvalue weighted by Crippen LogP contribution is -2.23. The summed E-state index contributed by atoms with van der Waals surface area (Å²) in [4.78, 5) is 11.1. The average Bonchev–Trinajstić information content (AvgIpc) is 2.13. The number of carbonyl (C=O) groups is 1. The molecule has 0 fully saturated rings. The van der Waals surface area contributed by atoms with E-state index in [1.165, 1.54) is 0 Å². The van der Waals surface area contributed by atoms with E-state index in [-0.39, 0.29) is 5.91 Å². The van der Waals surface area contributed by atoms with Crippen LogP contribution >= 0.6 is 11.6 Å². The maximum absolute atomic E-state index is 11.1. The highest BCUT2D eigenvalue weighted by Crippen LogP contribution is 1.96. The molecule has 0 saturated heterocycles. The van der Waals surface area contributed by atoms with Gasteiger partial charge >= 0.3 is 0 Å². The van der Waals surface area contributed by atoms with E-state index in [2.05, 4.69) is 11.2 Å². The van der Waals surface area contributed by atoms with Crippen molar-refractivity contribution in [2.24, 2.45) is 0 Å². The maximum Gasteiger partial charge on any atom is 0.219 e. The van der Waals surface area contributed by atoms with Crippen LogP contribution in [0.15, 0.2) is 0 Å². The predicted molar refractivity (Wildman–Crippen MR) is 55.6 cm³/mol. The fourth-order valence-electron chi connectivity index (χ4n) is 0.887. The maximum atomic E-state index is 11.1. The quantitative estimate of drug-likeness (QED) is 0.381. The molecule has 0 spiro atoms. The number of carbonyl (C=O) groups excluding carboxylic acids is 1. The van der Waals surface area contributed by atoms with E-state index >= 15 is 0 Å². The number of terminal acetylenes is 1. The molecule has 0 heterocycles. The zero-order valence-electron chi connectivity index (χ0n) is 7.81. The van der Waals surface area contributed by atoms with Crippen LogP contribution in [0.2, 0.25) is 0 Å². The Labute approximate surface area is 85.0 Å². The van der Waals surface area contributed by atoms with Crippen LogP contribution in [0.5, 0.6) is 0 Å². The Hall–Kier alpha value is -0.680. The van der Waals surface area contributed by atoms with Gasteiger partial charge in [-0.25, -0.2) is 0 Å². The molecule has 0 radical (unpaired) electrons. The van der Waals surface area contributed by atoms with E-state index in [1.807, 2.05) is 0 Å². The number of hydrogen-bond donors (Lipinski definition) is 1. The lowest BCUT2D eigenvalue weighted by atomic mass is 10.2. The topological polar surface area (TPSA) is 29.1 Å². The first-order chi connectivity index (χ1) is 6.31. The Bertz CT molecular complexity index is 174. The molecule has 0 aromatic rings. The molecule has 1 N–H and O–H groups in total. The number of rotatable bonds is 7. The first kappa shape index (κ1) is 12.3. The van der Waals surface area contributed by atoms with Crippen molar-refractivity contribution in [2.45, 2.75) is 32.1 Å². The van der Waals surface area contributed by atoms with Gasteiger partial charge in [0, 0.05) is 25.3 Å². The normalized spacial score (nSPS) is 9.23. The molecule has 0 aliphatic carbocycles. The number of halogens is 1. The van der Waals surface area contributed by atoms with Crippen molar-refractivity contribution in [1.82, 2.24) is 5.32 Å². The average molecular weight is 202 g/mol. The number of alkyl halides is 1. The van der Waals surface area contributed by atoms with Crippen LogP contribution in [0, 0.1) is 12.3 Å². The minimum atomic E-state index is 0.0992. The van der Waals surface area contributed by atoms with Gasteiger partial charge in [-0.2, -0.15) is 0 Å². The molecule has 74 valence electrons. The van der Waals surface area contributed by atoms with E-state index in [0.29, 0.717) is 18.8 Å². The largest absolute Gasteiger partial charge is 0.356 e. The van der Waals surface area contributed by atoms with Crippen LogP contribution in [0.1, 0.15) is 32.1 Å². The molecule has 3 heteroatoms. The first-order valence-corrected chi connectivity index (χ1v) is 5.11. The van der Waals surface area contributed by atoms with E-state index in [4.69, 9.17) is 18.0 Å². The van der Waals surface area contributed by atoms with Crippen LogP contribution < -0.4 is 5.32 Å². The zero-order valence-corrected chi connectivity index (χ0v) is 8.57. The Morgan fingerprint density at radius 2 is 2.15 bits per heavy atom. The van der Waals surface area contributed by atoms with E-state index in [0.717, 1.165) is 25.7 Å². The summed E-state index contributed by atoms with van der Waals surface area (Å²) in [6.07, 6.45) is 8.99. The van der Waals surface area contributed by atoms with Gasteiger partial charge in [-0.1, -0.05) is 0 Å². The van der Waals surface area contributed by atoms with E-state index in [1.54, 1.807) is 0 Å². The van der Waals surface area contributed by atoms with Gasteiger partial charge in [0.25, 0.3) is 0 Å². The second kappa shape index (κ2) is 9.41. The summed E-state index contributed by atoms with van der Waals surface area (Å²) in [7, 11) is 0. The van der Waals surface area contributed by atoms with Crippen molar-refractivity contribution >= 4 is 17.5 Å². The molecule has 0 aliphatic heterocycles. The van der Waals surface area contributed by atoms with Gasteiger partial charge in [0.05, 0.1) is 0 Å². The summed E-state index contributed by atoms with van der Waals surface area (Å²) >= 11 is 5.48. The molecule has 0 unspecified atom stereocenters. The molecule has 0 aliphatic rings. The summed E-state index contributed by atoms with van der Waals surface area (Å²) in [5.74, 6) is 3.25. The summed E-state index contributed by atoms with van der Waals surface area (Å²) in [5, 5.41) is 2.80. The SMILES string of the molecule is C#CCCCNC(=O)CCCCCl. The third-order valence-corrected chi connectivity index (χ3v) is 1.87. The Morgan fingerprint density at radius 1 is 1.38 bits per heavy atom. The number of amides is 1. The molecule has 0 saturated carbocycles. The van der Waals surface area contributed by atoms with Crippen molar-refractivity contribution in [3.05, 3.63) is 0 Å². The fourth-order valence-corrected chi connectivity index (χ4v) is 1.08. The second-order valence-corrected chi connectivity index (χ2v) is 3.18. The highest BCUT2D eigenvalue weighted by Gasteiger charge is 1.98. The number of unbranched alkanes of at least 4 members (excludes halogenated alkanes) is 2. The molecule has 0 aromatic carbocycles. The van der Waals surface area contributed by atoms with Gasteiger partial charge in [-0.3, -0.25) is 4.79 Å². The van der Waals surface area contributed by atoms with Crippen LogP contribution in [-0.4, -0.2) is 18.3 Å². The fraction of sp³-hybridized carbons (Fsp3) is 0.700. The lowest BCUT2D eigenvalue weighted by Gasteiger charge is -2.02. The molecular weight excluding hydrogens is 186 g/mol. The van der Waals surface area contributed by atoms with Gasteiger partial charge in [-0.05, 0) is 19.3 Å².